The van der Waals surface area contributed by atoms with E-state index in [1.165, 1.54) is 37.7 Å². The Kier molecular flexibility index (Phi) is 5.71. The number of amides is 1. The molecule has 1 heterocycles. The Morgan fingerprint density at radius 1 is 1.13 bits per heavy atom. The van der Waals surface area contributed by atoms with Crippen LogP contribution >= 0.6 is 0 Å². The smallest absolute Gasteiger partial charge is 0.219 e. The zero-order valence-corrected chi connectivity index (χ0v) is 14.3. The quantitative estimate of drug-likeness (QED) is 0.921. The lowest BCUT2D eigenvalue weighted by atomic mass is 9.86. The van der Waals surface area contributed by atoms with E-state index in [2.05, 4.69) is 35.6 Å². The number of likely N-dealkylation sites (tertiary alicyclic amines) is 1. The van der Waals surface area contributed by atoms with Gasteiger partial charge in [-0.15, -0.1) is 0 Å². The van der Waals surface area contributed by atoms with Crippen LogP contribution < -0.4 is 5.32 Å². The summed E-state index contributed by atoms with van der Waals surface area (Å²) < 4.78 is 0. The lowest BCUT2D eigenvalue weighted by Crippen LogP contribution is -2.51. The topological polar surface area (TPSA) is 32.3 Å². The van der Waals surface area contributed by atoms with Crippen LogP contribution in [0.25, 0.3) is 0 Å². The molecule has 1 N–H and O–H groups in total. The summed E-state index contributed by atoms with van der Waals surface area (Å²) in [5.41, 5.74) is 1.36. The van der Waals surface area contributed by atoms with Gasteiger partial charge in [-0.2, -0.15) is 0 Å². The fourth-order valence-electron chi connectivity index (χ4n) is 4.20. The Labute approximate surface area is 140 Å². The highest BCUT2D eigenvalue weighted by atomic mass is 16.2. The Hall–Kier alpha value is -1.35. The fourth-order valence-corrected chi connectivity index (χ4v) is 4.20. The SMILES string of the molecule is CC(=O)N1CC(NCC2CCCCC2)CC(c2ccccc2)C1. The number of nitrogens with one attached hydrogen (secondary N) is 1. The van der Waals surface area contributed by atoms with Gasteiger partial charge in [-0.1, -0.05) is 49.6 Å². The minimum atomic E-state index is 0.204. The number of rotatable bonds is 4. The number of carbonyl (C=O) groups is 1. The largest absolute Gasteiger partial charge is 0.341 e. The van der Waals surface area contributed by atoms with E-state index < -0.39 is 0 Å². The van der Waals surface area contributed by atoms with Crippen LogP contribution in [0.4, 0.5) is 0 Å². The van der Waals surface area contributed by atoms with Crippen LogP contribution in [0.5, 0.6) is 0 Å². The molecular weight excluding hydrogens is 284 g/mol. The van der Waals surface area contributed by atoms with Crippen LogP contribution in [-0.4, -0.2) is 36.5 Å². The summed E-state index contributed by atoms with van der Waals surface area (Å²) in [6.07, 6.45) is 8.08. The van der Waals surface area contributed by atoms with Crippen molar-refractivity contribution in [3.05, 3.63) is 35.9 Å². The average molecular weight is 314 g/mol. The van der Waals surface area contributed by atoms with Crippen molar-refractivity contribution >= 4 is 5.91 Å². The maximum Gasteiger partial charge on any atom is 0.219 e. The molecule has 126 valence electrons. The number of piperidine rings is 1. The zero-order chi connectivity index (χ0) is 16.1. The van der Waals surface area contributed by atoms with Crippen molar-refractivity contribution in [1.82, 2.24) is 10.2 Å². The second kappa shape index (κ2) is 7.96. The van der Waals surface area contributed by atoms with Crippen LogP contribution in [0.15, 0.2) is 30.3 Å². The summed E-state index contributed by atoms with van der Waals surface area (Å²) in [7, 11) is 0. The molecule has 1 amide bonds. The van der Waals surface area contributed by atoms with Gasteiger partial charge in [-0.3, -0.25) is 4.79 Å². The first-order valence-electron chi connectivity index (χ1n) is 9.26. The standard InChI is InChI=1S/C20H30N2O/c1-16(23)22-14-19(18-10-6-3-7-11-18)12-20(15-22)21-13-17-8-4-2-5-9-17/h3,6-7,10-11,17,19-21H,2,4-5,8-9,12-15H2,1H3. The van der Waals surface area contributed by atoms with Crippen molar-refractivity contribution in [1.29, 1.82) is 0 Å². The summed E-state index contributed by atoms with van der Waals surface area (Å²) in [6.45, 7) is 4.55. The summed E-state index contributed by atoms with van der Waals surface area (Å²) in [4.78, 5) is 14.0. The molecule has 1 aliphatic heterocycles. The average Bonchev–Trinajstić information content (AvgIpc) is 2.61. The summed E-state index contributed by atoms with van der Waals surface area (Å²) in [5, 5.41) is 3.78. The zero-order valence-electron chi connectivity index (χ0n) is 14.3. The molecule has 0 spiro atoms. The highest BCUT2D eigenvalue weighted by Crippen LogP contribution is 2.28. The summed E-state index contributed by atoms with van der Waals surface area (Å²) in [6, 6.07) is 11.1. The van der Waals surface area contributed by atoms with E-state index in [0.717, 1.165) is 32.0 Å². The third kappa shape index (κ3) is 4.57. The van der Waals surface area contributed by atoms with Crippen LogP contribution in [0, 0.1) is 5.92 Å². The van der Waals surface area contributed by atoms with Gasteiger partial charge in [-0.25, -0.2) is 0 Å². The first kappa shape index (κ1) is 16.5. The Balaban J connectivity index is 1.61. The van der Waals surface area contributed by atoms with Crippen molar-refractivity contribution in [2.45, 2.75) is 57.4 Å². The van der Waals surface area contributed by atoms with E-state index in [1.807, 2.05) is 4.90 Å². The molecule has 1 aliphatic carbocycles. The summed E-state index contributed by atoms with van der Waals surface area (Å²) >= 11 is 0. The van der Waals surface area contributed by atoms with Gasteiger partial charge < -0.3 is 10.2 Å². The van der Waals surface area contributed by atoms with Crippen molar-refractivity contribution in [3.63, 3.8) is 0 Å². The highest BCUT2D eigenvalue weighted by molar-refractivity contribution is 5.73. The van der Waals surface area contributed by atoms with Crippen LogP contribution in [0.3, 0.4) is 0 Å². The molecule has 3 nitrogen and oxygen atoms in total. The van der Waals surface area contributed by atoms with Crippen LogP contribution in [0.1, 0.15) is 56.9 Å². The van der Waals surface area contributed by atoms with Crippen LogP contribution in [-0.2, 0) is 4.79 Å². The van der Waals surface area contributed by atoms with Gasteiger partial charge in [0.25, 0.3) is 0 Å². The number of hydrogen-bond donors (Lipinski definition) is 1. The minimum Gasteiger partial charge on any atom is -0.341 e. The molecule has 1 aromatic carbocycles. The predicted molar refractivity (Wildman–Crippen MR) is 94.4 cm³/mol. The molecule has 2 atom stereocenters. The number of hydrogen-bond acceptors (Lipinski definition) is 2. The third-order valence-electron chi connectivity index (χ3n) is 5.59. The lowest BCUT2D eigenvalue weighted by molar-refractivity contribution is -0.130. The molecule has 0 aromatic heterocycles. The molecule has 1 saturated heterocycles. The van der Waals surface area contributed by atoms with E-state index in [4.69, 9.17) is 0 Å². The van der Waals surface area contributed by atoms with Gasteiger partial charge in [0, 0.05) is 32.0 Å². The molecule has 3 heteroatoms. The first-order chi connectivity index (χ1) is 11.2. The molecule has 2 fully saturated rings. The third-order valence-corrected chi connectivity index (χ3v) is 5.59. The Morgan fingerprint density at radius 2 is 1.87 bits per heavy atom. The van der Waals surface area contributed by atoms with E-state index in [-0.39, 0.29) is 5.91 Å². The van der Waals surface area contributed by atoms with Crippen LogP contribution in [0.2, 0.25) is 0 Å². The Morgan fingerprint density at radius 3 is 2.57 bits per heavy atom. The minimum absolute atomic E-state index is 0.204. The van der Waals surface area contributed by atoms with Gasteiger partial charge in [0.2, 0.25) is 5.91 Å². The molecular formula is C20H30N2O. The van der Waals surface area contributed by atoms with E-state index >= 15 is 0 Å². The maximum atomic E-state index is 11.9. The second-order valence-corrected chi connectivity index (χ2v) is 7.38. The van der Waals surface area contributed by atoms with Gasteiger partial charge in [0.15, 0.2) is 0 Å². The number of nitrogens with zero attached hydrogens (tertiary/aromatic N) is 1. The number of benzene rings is 1. The molecule has 0 radical (unpaired) electrons. The van der Waals surface area contributed by atoms with Crippen molar-refractivity contribution in [2.75, 3.05) is 19.6 Å². The van der Waals surface area contributed by atoms with Gasteiger partial charge in [0.1, 0.15) is 0 Å². The maximum absolute atomic E-state index is 11.9. The normalized spacial score (nSPS) is 26.2. The van der Waals surface area contributed by atoms with E-state index in [0.29, 0.717) is 12.0 Å². The van der Waals surface area contributed by atoms with Crippen molar-refractivity contribution < 1.29 is 4.79 Å². The van der Waals surface area contributed by atoms with Gasteiger partial charge in [-0.05, 0) is 37.3 Å². The van der Waals surface area contributed by atoms with Crippen molar-refractivity contribution in [3.8, 4) is 0 Å². The Bertz CT molecular complexity index is 496. The van der Waals surface area contributed by atoms with Crippen molar-refractivity contribution in [2.24, 2.45) is 5.92 Å². The van der Waals surface area contributed by atoms with E-state index in [9.17, 15) is 4.79 Å². The van der Waals surface area contributed by atoms with E-state index in [1.54, 1.807) is 6.92 Å². The molecule has 3 rings (SSSR count). The van der Waals surface area contributed by atoms with Gasteiger partial charge >= 0.3 is 0 Å². The van der Waals surface area contributed by atoms with Gasteiger partial charge in [0.05, 0.1) is 0 Å². The monoisotopic (exact) mass is 314 g/mol. The molecule has 2 aliphatic rings. The molecule has 23 heavy (non-hydrogen) atoms. The highest BCUT2D eigenvalue weighted by Gasteiger charge is 2.29. The summed E-state index contributed by atoms with van der Waals surface area (Å²) in [5.74, 6) is 1.50. The predicted octanol–water partition coefficient (Wildman–Crippen LogP) is 3.56. The lowest BCUT2D eigenvalue weighted by Gasteiger charge is -2.39. The number of carbonyl (C=O) groups excluding carboxylic acids is 1. The first-order valence-corrected chi connectivity index (χ1v) is 9.26. The second-order valence-electron chi connectivity index (χ2n) is 7.38. The molecule has 2 unspecified atom stereocenters. The molecule has 1 saturated carbocycles. The fraction of sp³-hybridized carbons (Fsp3) is 0.650. The molecule has 0 bridgehead atoms. The molecule has 1 aromatic rings.